The number of ether oxygens (including phenoxy) is 1. The van der Waals surface area contributed by atoms with Crippen LogP contribution in [0.25, 0.3) is 0 Å². The molecule has 2 fully saturated rings. The number of halogens is 1. The molecule has 19 heavy (non-hydrogen) atoms. The Morgan fingerprint density at radius 1 is 1.37 bits per heavy atom. The lowest BCUT2D eigenvalue weighted by molar-refractivity contribution is -0.177. The van der Waals surface area contributed by atoms with E-state index in [0.717, 1.165) is 18.7 Å². The molecular weight excluding hydrogens is 241 g/mol. The molecule has 1 saturated carbocycles. The van der Waals surface area contributed by atoms with Crippen LogP contribution in [0.1, 0.15) is 32.3 Å². The second-order valence-electron chi connectivity index (χ2n) is 6.45. The van der Waals surface area contributed by atoms with Crippen molar-refractivity contribution in [2.75, 3.05) is 11.9 Å². The monoisotopic (exact) mass is 263 g/mol. The molecule has 1 aromatic rings. The highest BCUT2D eigenvalue weighted by molar-refractivity contribution is 5.53. The van der Waals surface area contributed by atoms with E-state index in [9.17, 15) is 4.39 Å². The number of benzene rings is 1. The molecule has 2 nitrogen and oxygen atoms in total. The van der Waals surface area contributed by atoms with Crippen molar-refractivity contribution in [2.24, 2.45) is 11.3 Å². The van der Waals surface area contributed by atoms with Gasteiger partial charge >= 0.3 is 0 Å². The normalized spacial score (nSPS) is 32.3. The van der Waals surface area contributed by atoms with E-state index in [4.69, 9.17) is 4.74 Å². The van der Waals surface area contributed by atoms with Gasteiger partial charge in [0.05, 0.1) is 6.10 Å². The third-order valence-corrected chi connectivity index (χ3v) is 4.91. The summed E-state index contributed by atoms with van der Waals surface area (Å²) in [6.07, 6.45) is 2.70. The first-order valence-electron chi connectivity index (χ1n) is 7.15. The Morgan fingerprint density at radius 2 is 2.16 bits per heavy atom. The minimum absolute atomic E-state index is 0.115. The summed E-state index contributed by atoms with van der Waals surface area (Å²) >= 11 is 0. The highest BCUT2D eigenvalue weighted by Crippen LogP contribution is 2.52. The van der Waals surface area contributed by atoms with E-state index in [1.54, 1.807) is 6.07 Å². The van der Waals surface area contributed by atoms with Gasteiger partial charge in [-0.25, -0.2) is 4.39 Å². The first-order chi connectivity index (χ1) is 9.01. The maximum Gasteiger partial charge on any atom is 0.128 e. The molecule has 3 rings (SSSR count). The minimum atomic E-state index is -0.140. The largest absolute Gasteiger partial charge is 0.381 e. The fraction of sp³-hybridized carbons (Fsp3) is 0.625. The van der Waals surface area contributed by atoms with Gasteiger partial charge in [-0.15, -0.1) is 0 Å². The lowest BCUT2D eigenvalue weighted by atomic mass is 9.55. The SMILES string of the molecule is Cc1c(F)cccc1NC1C2CCCOC2C1(C)C. The van der Waals surface area contributed by atoms with Gasteiger partial charge in [-0.05, 0) is 31.9 Å². The van der Waals surface area contributed by atoms with Crippen LogP contribution in [0.3, 0.4) is 0 Å². The molecule has 1 saturated heterocycles. The van der Waals surface area contributed by atoms with Crippen LogP contribution in [0, 0.1) is 24.1 Å². The number of hydrogen-bond acceptors (Lipinski definition) is 2. The molecule has 3 unspecified atom stereocenters. The first-order valence-corrected chi connectivity index (χ1v) is 7.15. The van der Waals surface area contributed by atoms with E-state index in [2.05, 4.69) is 19.2 Å². The van der Waals surface area contributed by atoms with Crippen molar-refractivity contribution >= 4 is 5.69 Å². The van der Waals surface area contributed by atoms with E-state index in [0.29, 0.717) is 23.6 Å². The van der Waals surface area contributed by atoms with Gasteiger partial charge in [-0.2, -0.15) is 0 Å². The highest BCUT2D eigenvalue weighted by atomic mass is 19.1. The van der Waals surface area contributed by atoms with Crippen LogP contribution in [0.2, 0.25) is 0 Å². The van der Waals surface area contributed by atoms with Crippen molar-refractivity contribution in [3.05, 3.63) is 29.6 Å². The first kappa shape index (κ1) is 12.9. The summed E-state index contributed by atoms with van der Waals surface area (Å²) in [6, 6.07) is 5.62. The third kappa shape index (κ3) is 1.95. The summed E-state index contributed by atoms with van der Waals surface area (Å²) in [4.78, 5) is 0. The van der Waals surface area contributed by atoms with Crippen LogP contribution >= 0.6 is 0 Å². The lowest BCUT2D eigenvalue weighted by Crippen LogP contribution is -2.67. The van der Waals surface area contributed by atoms with E-state index >= 15 is 0 Å². The Kier molecular flexibility index (Phi) is 3.05. The standard InChI is InChI=1S/C16H22FNO/c1-10-12(17)7-4-8-13(10)18-14-11-6-5-9-19-15(11)16(14,2)3/h4,7-8,11,14-15,18H,5-6,9H2,1-3H3. The fourth-order valence-corrected chi connectivity index (χ4v) is 3.75. The number of nitrogens with one attached hydrogen (secondary N) is 1. The Morgan fingerprint density at radius 3 is 2.95 bits per heavy atom. The molecular formula is C16H22FNO. The molecule has 1 aromatic carbocycles. The molecule has 1 heterocycles. The second kappa shape index (κ2) is 4.48. The maximum atomic E-state index is 13.6. The van der Waals surface area contributed by atoms with Crippen LogP contribution in [-0.4, -0.2) is 18.8 Å². The van der Waals surface area contributed by atoms with Gasteiger partial charge in [0.1, 0.15) is 5.82 Å². The predicted octanol–water partition coefficient (Wildman–Crippen LogP) is 3.75. The quantitative estimate of drug-likeness (QED) is 0.877. The average molecular weight is 263 g/mol. The summed E-state index contributed by atoms with van der Waals surface area (Å²) in [6.45, 7) is 7.20. The van der Waals surface area contributed by atoms with Gasteiger partial charge in [0, 0.05) is 35.2 Å². The summed E-state index contributed by atoms with van der Waals surface area (Å²) in [7, 11) is 0. The summed E-state index contributed by atoms with van der Waals surface area (Å²) in [5.74, 6) is 0.421. The third-order valence-electron chi connectivity index (χ3n) is 4.91. The maximum absolute atomic E-state index is 13.6. The second-order valence-corrected chi connectivity index (χ2v) is 6.45. The molecule has 3 atom stereocenters. The topological polar surface area (TPSA) is 21.3 Å². The van der Waals surface area contributed by atoms with Gasteiger partial charge < -0.3 is 10.1 Å². The average Bonchev–Trinajstić information content (AvgIpc) is 2.40. The summed E-state index contributed by atoms with van der Waals surface area (Å²) in [5.41, 5.74) is 1.74. The molecule has 3 heteroatoms. The highest BCUT2D eigenvalue weighted by Gasteiger charge is 2.57. The van der Waals surface area contributed by atoms with Gasteiger partial charge in [0.15, 0.2) is 0 Å². The Hall–Kier alpha value is -1.09. The van der Waals surface area contributed by atoms with Crippen molar-refractivity contribution < 1.29 is 9.13 Å². The molecule has 104 valence electrons. The molecule has 0 spiro atoms. The van der Waals surface area contributed by atoms with Gasteiger partial charge in [-0.3, -0.25) is 0 Å². The molecule has 0 amide bonds. The molecule has 0 radical (unpaired) electrons. The van der Waals surface area contributed by atoms with Crippen LogP contribution in [0.5, 0.6) is 0 Å². The minimum Gasteiger partial charge on any atom is -0.381 e. The zero-order valence-corrected chi connectivity index (χ0v) is 11.9. The Bertz CT molecular complexity index is 486. The lowest BCUT2D eigenvalue weighted by Gasteiger charge is -2.60. The van der Waals surface area contributed by atoms with Gasteiger partial charge in [0.25, 0.3) is 0 Å². The van der Waals surface area contributed by atoms with Gasteiger partial charge in [-0.1, -0.05) is 19.9 Å². The number of fused-ring (bicyclic) bond motifs is 1. The van der Waals surface area contributed by atoms with Gasteiger partial charge in [0.2, 0.25) is 0 Å². The molecule has 1 aliphatic heterocycles. The predicted molar refractivity (Wildman–Crippen MR) is 74.8 cm³/mol. The van der Waals surface area contributed by atoms with Crippen LogP contribution in [0.15, 0.2) is 18.2 Å². The molecule has 1 N–H and O–H groups in total. The fourth-order valence-electron chi connectivity index (χ4n) is 3.75. The Labute approximate surface area is 114 Å². The number of anilines is 1. The van der Waals surface area contributed by atoms with E-state index in [1.807, 2.05) is 13.0 Å². The summed E-state index contributed by atoms with van der Waals surface area (Å²) in [5, 5.41) is 3.56. The number of hydrogen-bond donors (Lipinski definition) is 1. The molecule has 2 aliphatic rings. The number of rotatable bonds is 2. The molecule has 1 aliphatic carbocycles. The summed E-state index contributed by atoms with van der Waals surface area (Å²) < 4.78 is 19.5. The van der Waals surface area contributed by atoms with Crippen molar-refractivity contribution in [3.63, 3.8) is 0 Å². The van der Waals surface area contributed by atoms with E-state index in [-0.39, 0.29) is 11.2 Å². The molecule has 0 bridgehead atoms. The zero-order chi connectivity index (χ0) is 13.6. The van der Waals surface area contributed by atoms with Crippen molar-refractivity contribution in [1.82, 2.24) is 0 Å². The zero-order valence-electron chi connectivity index (χ0n) is 11.9. The molecule has 0 aromatic heterocycles. The van der Waals surface area contributed by atoms with Crippen molar-refractivity contribution in [2.45, 2.75) is 45.8 Å². The van der Waals surface area contributed by atoms with Crippen molar-refractivity contribution in [3.8, 4) is 0 Å². The Balaban J connectivity index is 1.81. The van der Waals surface area contributed by atoms with Crippen molar-refractivity contribution in [1.29, 1.82) is 0 Å². The van der Waals surface area contributed by atoms with Crippen LogP contribution in [0.4, 0.5) is 10.1 Å². The van der Waals surface area contributed by atoms with Crippen LogP contribution in [-0.2, 0) is 4.74 Å². The van der Waals surface area contributed by atoms with E-state index < -0.39 is 0 Å². The van der Waals surface area contributed by atoms with Crippen LogP contribution < -0.4 is 5.32 Å². The van der Waals surface area contributed by atoms with E-state index in [1.165, 1.54) is 12.5 Å². The smallest absolute Gasteiger partial charge is 0.128 e.